The second-order valence-corrected chi connectivity index (χ2v) is 10.2. The first-order valence-electron chi connectivity index (χ1n) is 13.0. The Morgan fingerprint density at radius 2 is 1.81 bits per heavy atom. The molecule has 6 rings (SSSR count). The number of amides is 1. The Morgan fingerprint density at radius 1 is 1.00 bits per heavy atom. The predicted molar refractivity (Wildman–Crippen MR) is 140 cm³/mol. The summed E-state index contributed by atoms with van der Waals surface area (Å²) in [6.45, 7) is 1.77. The average molecular weight is 496 g/mol. The van der Waals surface area contributed by atoms with Crippen LogP contribution < -0.4 is 5.56 Å². The van der Waals surface area contributed by atoms with Crippen LogP contribution in [-0.4, -0.2) is 38.2 Å². The lowest BCUT2D eigenvalue weighted by Crippen LogP contribution is -2.46. The number of nitrogens with zero attached hydrogens (tertiary/aromatic N) is 3. The van der Waals surface area contributed by atoms with Crippen LogP contribution in [0.25, 0.3) is 16.4 Å². The van der Waals surface area contributed by atoms with Crippen molar-refractivity contribution in [1.82, 2.24) is 14.3 Å². The Morgan fingerprint density at radius 3 is 2.68 bits per heavy atom. The average Bonchev–Trinajstić information content (AvgIpc) is 3.31. The van der Waals surface area contributed by atoms with Gasteiger partial charge in [-0.2, -0.15) is 0 Å². The molecule has 188 valence electrons. The minimum atomic E-state index is -0.643. The third-order valence-electron chi connectivity index (χ3n) is 7.89. The third-order valence-corrected chi connectivity index (χ3v) is 7.89. The summed E-state index contributed by atoms with van der Waals surface area (Å²) in [5.74, 6) is -0.267. The molecule has 7 heteroatoms. The van der Waals surface area contributed by atoms with Crippen molar-refractivity contribution in [3.8, 4) is 0 Å². The monoisotopic (exact) mass is 495 g/mol. The van der Waals surface area contributed by atoms with Crippen LogP contribution in [0.15, 0.2) is 71.7 Å². The number of aryl methyl sites for hydroxylation is 1. The molecule has 1 aliphatic carbocycles. The number of fused-ring (bicyclic) bond motifs is 3. The van der Waals surface area contributed by atoms with E-state index in [9.17, 15) is 14.4 Å². The second kappa shape index (κ2) is 9.47. The van der Waals surface area contributed by atoms with Crippen molar-refractivity contribution in [2.45, 2.75) is 57.7 Å². The molecule has 0 bridgehead atoms. The normalized spacial score (nSPS) is 21.2. The molecule has 3 atom stereocenters. The van der Waals surface area contributed by atoms with E-state index in [4.69, 9.17) is 4.74 Å². The van der Waals surface area contributed by atoms with Gasteiger partial charge in [0, 0.05) is 23.9 Å². The number of hydrogen-bond donors (Lipinski definition) is 0. The molecule has 2 fully saturated rings. The highest BCUT2D eigenvalue weighted by molar-refractivity contribution is 6.00. The SMILES string of the molecule is Cc1cccn2c(=O)cc(COC(=O)[C@@H]3C[C@@H]4CCCC[C@@H]4N3C(=O)c3ccc4ccccc4c3)nc12. The molecule has 37 heavy (non-hydrogen) atoms. The van der Waals surface area contributed by atoms with Gasteiger partial charge in [-0.15, -0.1) is 0 Å². The summed E-state index contributed by atoms with van der Waals surface area (Å²) in [4.78, 5) is 46.1. The molecule has 0 N–H and O–H groups in total. The number of hydrogen-bond acceptors (Lipinski definition) is 5. The van der Waals surface area contributed by atoms with Crippen LogP contribution in [0.5, 0.6) is 0 Å². The van der Waals surface area contributed by atoms with Gasteiger partial charge in [0.15, 0.2) is 0 Å². The predicted octanol–water partition coefficient (Wildman–Crippen LogP) is 4.67. The third kappa shape index (κ3) is 4.28. The fourth-order valence-electron chi connectivity index (χ4n) is 6.06. The molecular weight excluding hydrogens is 466 g/mol. The van der Waals surface area contributed by atoms with Crippen LogP contribution >= 0.6 is 0 Å². The number of esters is 1. The summed E-state index contributed by atoms with van der Waals surface area (Å²) < 4.78 is 7.18. The van der Waals surface area contributed by atoms with Gasteiger partial charge >= 0.3 is 5.97 Å². The Balaban J connectivity index is 1.26. The Bertz CT molecular complexity index is 1580. The van der Waals surface area contributed by atoms with E-state index in [-0.39, 0.29) is 24.1 Å². The molecule has 1 amide bonds. The van der Waals surface area contributed by atoms with Crippen molar-refractivity contribution in [2.75, 3.05) is 0 Å². The van der Waals surface area contributed by atoms with Crippen molar-refractivity contribution in [3.63, 3.8) is 0 Å². The quantitative estimate of drug-likeness (QED) is 0.384. The standard InChI is InChI=1S/C30H29N3O4/c1-19-7-6-14-32-27(34)17-24(31-28(19)32)18-37-30(36)26-16-22-10-4-5-11-25(22)33(26)29(35)23-13-12-20-8-2-3-9-21(20)15-23/h2-3,6-9,12-15,17,22,25-26H,4-5,10-11,16,18H2,1H3/t22-,25-,26-/m0/s1. The lowest BCUT2D eigenvalue weighted by Gasteiger charge is -2.33. The van der Waals surface area contributed by atoms with Crippen molar-refractivity contribution < 1.29 is 14.3 Å². The van der Waals surface area contributed by atoms with Crippen LogP contribution in [0.2, 0.25) is 0 Å². The van der Waals surface area contributed by atoms with E-state index in [1.165, 1.54) is 10.5 Å². The summed E-state index contributed by atoms with van der Waals surface area (Å²) in [5, 5.41) is 2.07. The number of carbonyl (C=O) groups is 2. The van der Waals surface area contributed by atoms with Gasteiger partial charge in [-0.05, 0) is 66.6 Å². The number of rotatable bonds is 4. The first-order chi connectivity index (χ1) is 18.0. The number of benzene rings is 2. The molecule has 1 saturated carbocycles. The lowest BCUT2D eigenvalue weighted by atomic mass is 9.84. The highest BCUT2D eigenvalue weighted by atomic mass is 16.5. The van der Waals surface area contributed by atoms with E-state index < -0.39 is 12.0 Å². The Kier molecular flexibility index (Phi) is 5.99. The smallest absolute Gasteiger partial charge is 0.329 e. The van der Waals surface area contributed by atoms with Crippen molar-refractivity contribution in [1.29, 1.82) is 0 Å². The maximum Gasteiger partial charge on any atom is 0.329 e. The second-order valence-electron chi connectivity index (χ2n) is 10.2. The van der Waals surface area contributed by atoms with E-state index in [1.807, 2.05) is 55.5 Å². The molecule has 1 aliphatic heterocycles. The molecule has 0 unspecified atom stereocenters. The minimum Gasteiger partial charge on any atom is -0.458 e. The van der Waals surface area contributed by atoms with E-state index in [0.29, 0.717) is 29.2 Å². The van der Waals surface area contributed by atoms with Crippen molar-refractivity contribution in [3.05, 3.63) is 94.0 Å². The first kappa shape index (κ1) is 23.4. The topological polar surface area (TPSA) is 81.0 Å². The van der Waals surface area contributed by atoms with Crippen LogP contribution in [-0.2, 0) is 16.1 Å². The Hall–Kier alpha value is -4.00. The van der Waals surface area contributed by atoms with Gasteiger partial charge in [0.2, 0.25) is 0 Å². The molecule has 2 aliphatic rings. The number of pyridine rings is 1. The molecule has 1 saturated heterocycles. The van der Waals surface area contributed by atoms with Crippen molar-refractivity contribution in [2.24, 2.45) is 5.92 Å². The summed E-state index contributed by atoms with van der Waals surface area (Å²) in [7, 11) is 0. The number of ether oxygens (including phenoxy) is 1. The van der Waals surface area contributed by atoms with Crippen LogP contribution in [0.4, 0.5) is 0 Å². The lowest BCUT2D eigenvalue weighted by molar-refractivity contribution is -0.150. The maximum absolute atomic E-state index is 13.8. The van der Waals surface area contributed by atoms with E-state index in [2.05, 4.69) is 4.98 Å². The van der Waals surface area contributed by atoms with Gasteiger partial charge in [0.05, 0.1) is 5.69 Å². The van der Waals surface area contributed by atoms with Crippen molar-refractivity contribution >= 4 is 28.3 Å². The molecular formula is C30H29N3O4. The van der Waals surface area contributed by atoms with Gasteiger partial charge in [-0.25, -0.2) is 9.78 Å². The fraction of sp³-hybridized carbons (Fsp3) is 0.333. The zero-order chi connectivity index (χ0) is 25.5. The van der Waals surface area contributed by atoms with Crippen LogP contribution in [0, 0.1) is 12.8 Å². The van der Waals surface area contributed by atoms with Gasteiger partial charge in [0.25, 0.3) is 11.5 Å². The number of carbonyl (C=O) groups excluding carboxylic acids is 2. The maximum atomic E-state index is 13.8. The zero-order valence-electron chi connectivity index (χ0n) is 20.8. The van der Waals surface area contributed by atoms with Crippen LogP contribution in [0.1, 0.15) is 53.7 Å². The highest BCUT2D eigenvalue weighted by Crippen LogP contribution is 2.41. The van der Waals surface area contributed by atoms with Gasteiger partial charge in [0.1, 0.15) is 18.3 Å². The van der Waals surface area contributed by atoms with Gasteiger partial charge in [-0.3, -0.25) is 14.0 Å². The van der Waals surface area contributed by atoms with Gasteiger partial charge < -0.3 is 9.64 Å². The highest BCUT2D eigenvalue weighted by Gasteiger charge is 2.48. The minimum absolute atomic E-state index is 0.0383. The molecule has 0 radical (unpaired) electrons. The summed E-state index contributed by atoms with van der Waals surface area (Å²) in [6, 6.07) is 18.1. The number of aromatic nitrogens is 2. The molecule has 2 aromatic carbocycles. The Labute approximate surface area is 214 Å². The first-order valence-corrected chi connectivity index (χ1v) is 13.0. The van der Waals surface area contributed by atoms with E-state index in [0.717, 1.165) is 42.0 Å². The zero-order valence-corrected chi connectivity index (χ0v) is 20.8. The molecule has 3 heterocycles. The molecule has 4 aromatic rings. The van der Waals surface area contributed by atoms with Crippen LogP contribution in [0.3, 0.4) is 0 Å². The van der Waals surface area contributed by atoms with E-state index >= 15 is 0 Å². The number of likely N-dealkylation sites (tertiary alicyclic amines) is 1. The molecule has 0 spiro atoms. The van der Waals surface area contributed by atoms with Gasteiger partial charge in [-0.1, -0.05) is 49.2 Å². The summed E-state index contributed by atoms with van der Waals surface area (Å²) in [6.07, 6.45) is 6.36. The largest absolute Gasteiger partial charge is 0.458 e. The summed E-state index contributed by atoms with van der Waals surface area (Å²) >= 11 is 0. The summed E-state index contributed by atoms with van der Waals surface area (Å²) in [5.41, 5.74) is 2.17. The fourth-order valence-corrected chi connectivity index (χ4v) is 6.06. The molecule has 2 aromatic heterocycles. The van der Waals surface area contributed by atoms with E-state index in [1.54, 1.807) is 17.2 Å². The molecule has 7 nitrogen and oxygen atoms in total.